The third-order valence-corrected chi connectivity index (χ3v) is 3.33. The topological polar surface area (TPSA) is 57.8 Å². The highest BCUT2D eigenvalue weighted by Gasteiger charge is 2.16. The largest absolute Gasteiger partial charge is 0.344 e. The molecule has 100 valence electrons. The minimum atomic E-state index is -0.168. The summed E-state index contributed by atoms with van der Waals surface area (Å²) in [6.45, 7) is 1.96. The van der Waals surface area contributed by atoms with Gasteiger partial charge in [-0.3, -0.25) is 9.89 Å². The van der Waals surface area contributed by atoms with Gasteiger partial charge in [-0.25, -0.2) is 0 Å². The SMILES string of the molecule is CC(NC(=O)c1n[nH]c2ccccc12)c1ccccc1. The number of carbonyl (C=O) groups is 1. The highest BCUT2D eigenvalue weighted by Crippen LogP contribution is 2.17. The Morgan fingerprint density at radius 1 is 1.10 bits per heavy atom. The molecule has 3 aromatic rings. The van der Waals surface area contributed by atoms with Crippen molar-refractivity contribution in [3.63, 3.8) is 0 Å². The maximum atomic E-state index is 12.3. The van der Waals surface area contributed by atoms with Gasteiger partial charge in [0.25, 0.3) is 5.91 Å². The van der Waals surface area contributed by atoms with Gasteiger partial charge in [0.2, 0.25) is 0 Å². The lowest BCUT2D eigenvalue weighted by atomic mass is 10.1. The molecule has 0 saturated heterocycles. The van der Waals surface area contributed by atoms with Crippen molar-refractivity contribution < 1.29 is 4.79 Å². The number of hydrogen-bond acceptors (Lipinski definition) is 2. The average molecular weight is 265 g/mol. The Balaban J connectivity index is 1.83. The Morgan fingerprint density at radius 3 is 2.60 bits per heavy atom. The molecule has 0 fully saturated rings. The zero-order valence-corrected chi connectivity index (χ0v) is 11.1. The summed E-state index contributed by atoms with van der Waals surface area (Å²) in [6.07, 6.45) is 0. The fraction of sp³-hybridized carbons (Fsp3) is 0.125. The molecule has 0 aliphatic heterocycles. The molecule has 1 unspecified atom stereocenters. The van der Waals surface area contributed by atoms with Crippen LogP contribution in [0.3, 0.4) is 0 Å². The summed E-state index contributed by atoms with van der Waals surface area (Å²) in [5.74, 6) is -0.168. The molecule has 20 heavy (non-hydrogen) atoms. The lowest BCUT2D eigenvalue weighted by Gasteiger charge is -2.13. The van der Waals surface area contributed by atoms with Crippen molar-refractivity contribution in [1.29, 1.82) is 0 Å². The second kappa shape index (κ2) is 5.17. The molecule has 0 saturated carbocycles. The lowest BCUT2D eigenvalue weighted by molar-refractivity contribution is 0.0936. The summed E-state index contributed by atoms with van der Waals surface area (Å²) in [5, 5.41) is 10.8. The maximum absolute atomic E-state index is 12.3. The van der Waals surface area contributed by atoms with Crippen LogP contribution in [0.4, 0.5) is 0 Å². The monoisotopic (exact) mass is 265 g/mol. The van der Waals surface area contributed by atoms with Crippen LogP contribution in [0, 0.1) is 0 Å². The molecule has 0 spiro atoms. The van der Waals surface area contributed by atoms with Gasteiger partial charge in [-0.05, 0) is 18.6 Å². The Hall–Kier alpha value is -2.62. The highest BCUT2D eigenvalue weighted by atomic mass is 16.2. The number of fused-ring (bicyclic) bond motifs is 1. The Morgan fingerprint density at radius 2 is 1.80 bits per heavy atom. The first kappa shape index (κ1) is 12.4. The van der Waals surface area contributed by atoms with Gasteiger partial charge in [-0.1, -0.05) is 48.5 Å². The first-order chi connectivity index (χ1) is 9.75. The second-order valence-electron chi connectivity index (χ2n) is 4.72. The van der Waals surface area contributed by atoms with Crippen LogP contribution in [0.5, 0.6) is 0 Å². The average Bonchev–Trinajstić information content (AvgIpc) is 2.92. The van der Waals surface area contributed by atoms with E-state index in [0.29, 0.717) is 5.69 Å². The second-order valence-corrected chi connectivity index (χ2v) is 4.72. The van der Waals surface area contributed by atoms with E-state index in [4.69, 9.17) is 0 Å². The third-order valence-electron chi connectivity index (χ3n) is 3.33. The first-order valence-electron chi connectivity index (χ1n) is 6.54. The van der Waals surface area contributed by atoms with E-state index in [1.807, 2.05) is 61.5 Å². The number of hydrogen-bond donors (Lipinski definition) is 2. The summed E-state index contributed by atoms with van der Waals surface area (Å²) < 4.78 is 0. The number of aromatic nitrogens is 2. The van der Waals surface area contributed by atoms with Crippen LogP contribution >= 0.6 is 0 Å². The normalized spacial score (nSPS) is 12.2. The van der Waals surface area contributed by atoms with Gasteiger partial charge in [-0.15, -0.1) is 0 Å². The van der Waals surface area contributed by atoms with Crippen molar-refractivity contribution >= 4 is 16.8 Å². The number of rotatable bonds is 3. The molecule has 1 amide bonds. The molecule has 0 radical (unpaired) electrons. The van der Waals surface area contributed by atoms with Gasteiger partial charge < -0.3 is 5.32 Å². The summed E-state index contributed by atoms with van der Waals surface area (Å²) in [4.78, 5) is 12.3. The van der Waals surface area contributed by atoms with Crippen molar-refractivity contribution in [3.05, 3.63) is 65.9 Å². The molecule has 1 atom stereocenters. The van der Waals surface area contributed by atoms with Crippen LogP contribution in [-0.2, 0) is 0 Å². The van der Waals surface area contributed by atoms with E-state index in [9.17, 15) is 4.79 Å². The van der Waals surface area contributed by atoms with Crippen molar-refractivity contribution in [1.82, 2.24) is 15.5 Å². The van der Waals surface area contributed by atoms with E-state index in [2.05, 4.69) is 15.5 Å². The van der Waals surface area contributed by atoms with Crippen LogP contribution < -0.4 is 5.32 Å². The molecule has 2 aromatic carbocycles. The fourth-order valence-corrected chi connectivity index (χ4v) is 2.23. The highest BCUT2D eigenvalue weighted by molar-refractivity contribution is 6.04. The van der Waals surface area contributed by atoms with Crippen molar-refractivity contribution in [3.8, 4) is 0 Å². The predicted molar refractivity (Wildman–Crippen MR) is 78.4 cm³/mol. The Kier molecular flexibility index (Phi) is 3.21. The van der Waals surface area contributed by atoms with Gasteiger partial charge in [0.1, 0.15) is 0 Å². The fourth-order valence-electron chi connectivity index (χ4n) is 2.23. The quantitative estimate of drug-likeness (QED) is 0.764. The van der Waals surface area contributed by atoms with Gasteiger partial charge >= 0.3 is 0 Å². The lowest BCUT2D eigenvalue weighted by Crippen LogP contribution is -2.27. The van der Waals surface area contributed by atoms with E-state index in [0.717, 1.165) is 16.5 Å². The zero-order chi connectivity index (χ0) is 13.9. The van der Waals surface area contributed by atoms with E-state index in [1.54, 1.807) is 0 Å². The van der Waals surface area contributed by atoms with Gasteiger partial charge in [0.05, 0.1) is 11.6 Å². The molecule has 2 N–H and O–H groups in total. The molecule has 1 heterocycles. The standard InChI is InChI=1S/C16H15N3O/c1-11(12-7-3-2-4-8-12)17-16(20)15-13-9-5-6-10-14(13)18-19-15/h2-11H,1H3,(H,17,20)(H,18,19). The molecular formula is C16H15N3O. The van der Waals surface area contributed by atoms with Crippen LogP contribution in [-0.4, -0.2) is 16.1 Å². The molecule has 1 aromatic heterocycles. The van der Waals surface area contributed by atoms with Gasteiger partial charge in [0.15, 0.2) is 5.69 Å². The van der Waals surface area contributed by atoms with Crippen LogP contribution in [0.1, 0.15) is 29.0 Å². The molecule has 3 rings (SSSR count). The smallest absolute Gasteiger partial charge is 0.272 e. The maximum Gasteiger partial charge on any atom is 0.272 e. The number of nitrogens with one attached hydrogen (secondary N) is 2. The number of carbonyl (C=O) groups excluding carboxylic acids is 1. The van der Waals surface area contributed by atoms with E-state index in [1.165, 1.54) is 0 Å². The predicted octanol–water partition coefficient (Wildman–Crippen LogP) is 3.05. The summed E-state index contributed by atoms with van der Waals surface area (Å²) in [7, 11) is 0. The minimum absolute atomic E-state index is 0.0563. The summed E-state index contributed by atoms with van der Waals surface area (Å²) in [6, 6.07) is 17.4. The van der Waals surface area contributed by atoms with Gasteiger partial charge in [-0.2, -0.15) is 5.10 Å². The van der Waals surface area contributed by atoms with E-state index >= 15 is 0 Å². The number of amides is 1. The molecule has 0 aliphatic rings. The summed E-state index contributed by atoms with van der Waals surface area (Å²) in [5.41, 5.74) is 2.37. The zero-order valence-electron chi connectivity index (χ0n) is 11.1. The number of aromatic amines is 1. The molecular weight excluding hydrogens is 250 g/mol. The number of nitrogens with zero attached hydrogens (tertiary/aromatic N) is 1. The van der Waals surface area contributed by atoms with Crippen molar-refractivity contribution in [2.45, 2.75) is 13.0 Å². The number of H-pyrrole nitrogens is 1. The Labute approximate surface area is 116 Å². The van der Waals surface area contributed by atoms with Crippen LogP contribution in [0.25, 0.3) is 10.9 Å². The van der Waals surface area contributed by atoms with Crippen molar-refractivity contribution in [2.75, 3.05) is 0 Å². The third kappa shape index (κ3) is 2.28. The van der Waals surface area contributed by atoms with E-state index in [-0.39, 0.29) is 11.9 Å². The van der Waals surface area contributed by atoms with Crippen LogP contribution in [0.2, 0.25) is 0 Å². The molecule has 0 bridgehead atoms. The van der Waals surface area contributed by atoms with Crippen LogP contribution in [0.15, 0.2) is 54.6 Å². The minimum Gasteiger partial charge on any atom is -0.344 e. The first-order valence-corrected chi connectivity index (χ1v) is 6.54. The number of benzene rings is 2. The molecule has 0 aliphatic carbocycles. The number of para-hydroxylation sites is 1. The Bertz CT molecular complexity index is 734. The summed E-state index contributed by atoms with van der Waals surface area (Å²) >= 11 is 0. The van der Waals surface area contributed by atoms with Gasteiger partial charge in [0, 0.05) is 5.39 Å². The van der Waals surface area contributed by atoms with Crippen molar-refractivity contribution in [2.24, 2.45) is 0 Å². The van der Waals surface area contributed by atoms with E-state index < -0.39 is 0 Å². The molecule has 4 heteroatoms. The molecule has 4 nitrogen and oxygen atoms in total.